The largest absolute Gasteiger partial charge is 0.385 e. The highest BCUT2D eigenvalue weighted by molar-refractivity contribution is 5.40. The maximum absolute atomic E-state index is 4.42. The highest BCUT2D eigenvalue weighted by Gasteiger charge is 2.20. The van der Waals surface area contributed by atoms with Gasteiger partial charge >= 0.3 is 0 Å². The molecule has 0 amide bonds. The highest BCUT2D eigenvalue weighted by Crippen LogP contribution is 2.28. The average molecular weight is 463 g/mol. The lowest BCUT2D eigenvalue weighted by molar-refractivity contribution is 0.514. The van der Waals surface area contributed by atoms with Crippen LogP contribution in [0.1, 0.15) is 91.2 Å². The fraction of sp³-hybridized carbons (Fsp3) is 0.562. The second kappa shape index (κ2) is 13.6. The predicted octanol–water partition coefficient (Wildman–Crippen LogP) is 8.58. The molecule has 0 saturated heterocycles. The number of hydrogen-bond acceptors (Lipinski definition) is 2. The Bertz CT molecular complexity index is 863. The van der Waals surface area contributed by atoms with Gasteiger partial charge in [-0.2, -0.15) is 0 Å². The number of hydrogen-bond donors (Lipinski definition) is 1. The molecule has 188 valence electrons. The maximum atomic E-state index is 4.42. The van der Waals surface area contributed by atoms with E-state index in [9.17, 15) is 0 Å². The summed E-state index contributed by atoms with van der Waals surface area (Å²) in [5.74, 6) is 1.10. The summed E-state index contributed by atoms with van der Waals surface area (Å²) in [4.78, 5) is 2.11. The molecule has 1 aliphatic rings. The van der Waals surface area contributed by atoms with Crippen LogP contribution in [0.4, 0.5) is 0 Å². The number of rotatable bonds is 13. The molecule has 0 bridgehead atoms. The molecular formula is C32H50N2. The molecule has 1 unspecified atom stereocenters. The number of allylic oxidation sites excluding steroid dienone is 5. The van der Waals surface area contributed by atoms with Crippen molar-refractivity contribution in [3.63, 3.8) is 0 Å². The second-order valence-electron chi connectivity index (χ2n) is 10.8. The Labute approximate surface area is 210 Å². The molecule has 2 rings (SSSR count). The van der Waals surface area contributed by atoms with E-state index in [1.165, 1.54) is 60.1 Å². The minimum atomic E-state index is 0.432. The first-order valence-corrected chi connectivity index (χ1v) is 13.5. The van der Waals surface area contributed by atoms with E-state index >= 15 is 0 Å². The minimum absolute atomic E-state index is 0.432. The average Bonchev–Trinajstić information content (AvgIpc) is 3.33. The maximum Gasteiger partial charge on any atom is 0.0364 e. The van der Waals surface area contributed by atoms with Crippen molar-refractivity contribution < 1.29 is 0 Å². The molecule has 1 fully saturated rings. The molecule has 1 aromatic carbocycles. The molecular weight excluding hydrogens is 412 g/mol. The van der Waals surface area contributed by atoms with Gasteiger partial charge in [-0.1, -0.05) is 78.0 Å². The monoisotopic (exact) mass is 462 g/mol. The van der Waals surface area contributed by atoms with Crippen molar-refractivity contribution in [3.8, 4) is 0 Å². The van der Waals surface area contributed by atoms with Gasteiger partial charge in [-0.3, -0.25) is 0 Å². The molecule has 2 heteroatoms. The summed E-state index contributed by atoms with van der Waals surface area (Å²) in [7, 11) is 2.07. The van der Waals surface area contributed by atoms with Crippen LogP contribution in [0.25, 0.3) is 0 Å². The fourth-order valence-corrected chi connectivity index (χ4v) is 4.67. The van der Waals surface area contributed by atoms with Crippen LogP contribution in [0, 0.1) is 11.8 Å². The summed E-state index contributed by atoms with van der Waals surface area (Å²) in [6.07, 6.45) is 12.1. The number of benzene rings is 1. The normalized spacial score (nSPS) is 16.4. The van der Waals surface area contributed by atoms with Gasteiger partial charge in [-0.25, -0.2) is 0 Å². The third kappa shape index (κ3) is 8.53. The number of nitrogens with zero attached hydrogens (tertiary/aromatic N) is 1. The second-order valence-corrected chi connectivity index (χ2v) is 10.8. The van der Waals surface area contributed by atoms with Gasteiger partial charge in [0, 0.05) is 30.2 Å². The van der Waals surface area contributed by atoms with E-state index < -0.39 is 0 Å². The Morgan fingerprint density at radius 2 is 1.65 bits per heavy atom. The third-order valence-corrected chi connectivity index (χ3v) is 7.44. The molecule has 0 aromatic heterocycles. The van der Waals surface area contributed by atoms with E-state index in [-0.39, 0.29) is 0 Å². The molecule has 2 nitrogen and oxygen atoms in total. The van der Waals surface area contributed by atoms with E-state index in [1.54, 1.807) is 0 Å². The number of nitrogens with one attached hydrogen (secondary N) is 1. The smallest absolute Gasteiger partial charge is 0.0364 e. The van der Waals surface area contributed by atoms with Gasteiger partial charge in [0.05, 0.1) is 0 Å². The standard InChI is InChI=1S/C32H50N2/c1-10-28-16-18-29(19-17-28)21-25(6)32(33-31-13-11-12-14-31)22-30(20-15-23(2)3)26(7)27(8)34(9)24(4)5/h16-19,22-23,25,31,33H,4,8,10-15,20-21H2,1-3,5-7,9H3/b30-26+,32-22+. The van der Waals surface area contributed by atoms with Crippen molar-refractivity contribution >= 4 is 0 Å². The van der Waals surface area contributed by atoms with Crippen molar-refractivity contribution in [2.45, 2.75) is 99.0 Å². The zero-order valence-corrected chi connectivity index (χ0v) is 23.1. The van der Waals surface area contributed by atoms with Crippen molar-refractivity contribution in [2.75, 3.05) is 7.05 Å². The predicted molar refractivity (Wildman–Crippen MR) is 151 cm³/mol. The fourth-order valence-electron chi connectivity index (χ4n) is 4.67. The number of aryl methyl sites for hydroxylation is 1. The molecule has 1 aromatic rings. The van der Waals surface area contributed by atoms with Crippen molar-refractivity contribution in [1.82, 2.24) is 10.2 Å². The Hall–Kier alpha value is -2.22. The van der Waals surface area contributed by atoms with E-state index in [1.807, 2.05) is 6.92 Å². The number of likely N-dealkylation sites (N-methyl/N-ethyl adjacent to an activating group) is 1. The van der Waals surface area contributed by atoms with Crippen molar-refractivity contribution in [1.29, 1.82) is 0 Å². The van der Waals surface area contributed by atoms with Crippen LogP contribution in [0.15, 0.2) is 71.7 Å². The molecule has 34 heavy (non-hydrogen) atoms. The van der Waals surface area contributed by atoms with Crippen molar-refractivity contribution in [2.24, 2.45) is 11.8 Å². The Kier molecular flexibility index (Phi) is 11.2. The molecule has 1 saturated carbocycles. The topological polar surface area (TPSA) is 15.3 Å². The van der Waals surface area contributed by atoms with Crippen LogP contribution >= 0.6 is 0 Å². The van der Waals surface area contributed by atoms with Crippen LogP contribution in [0.3, 0.4) is 0 Å². The van der Waals surface area contributed by atoms with Crippen LogP contribution in [-0.2, 0) is 12.8 Å². The van der Waals surface area contributed by atoms with Gasteiger partial charge in [0.15, 0.2) is 0 Å². The quantitative estimate of drug-likeness (QED) is 0.295. The van der Waals surface area contributed by atoms with E-state index in [0.29, 0.717) is 17.9 Å². The van der Waals surface area contributed by atoms with E-state index in [2.05, 4.69) is 95.4 Å². The lowest BCUT2D eigenvalue weighted by Gasteiger charge is -2.26. The summed E-state index contributed by atoms with van der Waals surface area (Å²) in [5, 5.41) is 3.99. The van der Waals surface area contributed by atoms with Gasteiger partial charge in [0.2, 0.25) is 0 Å². The summed E-state index contributed by atoms with van der Waals surface area (Å²) >= 11 is 0. The lowest BCUT2D eigenvalue weighted by Crippen LogP contribution is -2.29. The molecule has 0 radical (unpaired) electrons. The van der Waals surface area contributed by atoms with Gasteiger partial charge in [-0.05, 0) is 92.6 Å². The zero-order valence-electron chi connectivity index (χ0n) is 23.1. The Morgan fingerprint density at radius 1 is 1.06 bits per heavy atom. The first-order chi connectivity index (χ1) is 16.1. The zero-order chi connectivity index (χ0) is 25.3. The van der Waals surface area contributed by atoms with Crippen LogP contribution in [-0.4, -0.2) is 18.0 Å². The summed E-state index contributed by atoms with van der Waals surface area (Å²) in [6, 6.07) is 9.79. The summed E-state index contributed by atoms with van der Waals surface area (Å²) < 4.78 is 0. The first-order valence-electron chi connectivity index (χ1n) is 13.5. The van der Waals surface area contributed by atoms with E-state index in [4.69, 9.17) is 0 Å². The third-order valence-electron chi connectivity index (χ3n) is 7.44. The van der Waals surface area contributed by atoms with Crippen LogP contribution < -0.4 is 5.32 Å². The van der Waals surface area contributed by atoms with Gasteiger partial charge in [0.25, 0.3) is 0 Å². The minimum Gasteiger partial charge on any atom is -0.385 e. The van der Waals surface area contributed by atoms with Gasteiger partial charge in [0.1, 0.15) is 0 Å². The van der Waals surface area contributed by atoms with Gasteiger partial charge < -0.3 is 10.2 Å². The summed E-state index contributed by atoms with van der Waals surface area (Å²) in [5.41, 5.74) is 8.95. The van der Waals surface area contributed by atoms with Gasteiger partial charge in [-0.15, -0.1) is 0 Å². The lowest BCUT2D eigenvalue weighted by atomic mass is 9.91. The SMILES string of the molecule is C=C(C)N(C)C(=C)/C(C)=C(/C=C(/NC1CCCC1)C(C)Cc1ccc(CC)cc1)CCC(C)C. The molecule has 0 heterocycles. The van der Waals surface area contributed by atoms with Crippen LogP contribution in [0.5, 0.6) is 0 Å². The van der Waals surface area contributed by atoms with Crippen molar-refractivity contribution in [3.05, 3.63) is 82.9 Å². The summed E-state index contributed by atoms with van der Waals surface area (Å²) in [6.45, 7) is 22.0. The molecule has 0 aliphatic heterocycles. The first kappa shape index (κ1) is 28.0. The van der Waals surface area contributed by atoms with Crippen LogP contribution in [0.2, 0.25) is 0 Å². The van der Waals surface area contributed by atoms with E-state index in [0.717, 1.165) is 30.7 Å². The molecule has 1 aliphatic carbocycles. The molecule has 1 atom stereocenters. The highest BCUT2D eigenvalue weighted by atomic mass is 15.1. The molecule has 0 spiro atoms. The Morgan fingerprint density at radius 3 is 2.18 bits per heavy atom. The Balaban J connectivity index is 2.40. The molecule has 1 N–H and O–H groups in total.